The summed E-state index contributed by atoms with van der Waals surface area (Å²) in [6.07, 6.45) is 0. The Bertz CT molecular complexity index is 661. The summed E-state index contributed by atoms with van der Waals surface area (Å²) in [5.41, 5.74) is 6.58. The highest BCUT2D eigenvalue weighted by Gasteiger charge is 2.13. The van der Waals surface area contributed by atoms with Crippen LogP contribution in [0.2, 0.25) is 0 Å². The Kier molecular flexibility index (Phi) is 4.24. The zero-order valence-electron chi connectivity index (χ0n) is 10.3. The van der Waals surface area contributed by atoms with Crippen molar-refractivity contribution >= 4 is 27.6 Å². The minimum atomic E-state index is -1.11. The standard InChI is InChI=1S/C14H11BrFNO3/c15-13-8(2-1-3-11(13)16)7-20-12-6-9(17)4-5-10(12)14(18)19/h1-6H,7,17H2,(H,18,19). The van der Waals surface area contributed by atoms with Crippen molar-refractivity contribution in [3.8, 4) is 5.75 Å². The number of carbonyl (C=O) groups is 1. The van der Waals surface area contributed by atoms with E-state index in [1.807, 2.05) is 0 Å². The molecule has 0 amide bonds. The van der Waals surface area contributed by atoms with Crippen molar-refractivity contribution in [3.05, 3.63) is 57.8 Å². The first kappa shape index (κ1) is 14.3. The van der Waals surface area contributed by atoms with Gasteiger partial charge >= 0.3 is 5.97 Å². The molecule has 0 heterocycles. The predicted octanol–water partition coefficient (Wildman–Crippen LogP) is 3.45. The fraction of sp³-hybridized carbons (Fsp3) is 0.0714. The van der Waals surface area contributed by atoms with Gasteiger partial charge in [0.15, 0.2) is 0 Å². The van der Waals surface area contributed by atoms with E-state index in [1.165, 1.54) is 24.3 Å². The van der Waals surface area contributed by atoms with E-state index in [9.17, 15) is 9.18 Å². The number of hydrogen-bond donors (Lipinski definition) is 2. The summed E-state index contributed by atoms with van der Waals surface area (Å²) in [4.78, 5) is 11.1. The molecule has 2 aromatic carbocycles. The number of hydrogen-bond acceptors (Lipinski definition) is 3. The Morgan fingerprint density at radius 2 is 2.10 bits per heavy atom. The quantitative estimate of drug-likeness (QED) is 0.837. The van der Waals surface area contributed by atoms with E-state index in [4.69, 9.17) is 15.6 Å². The third kappa shape index (κ3) is 3.08. The van der Waals surface area contributed by atoms with E-state index in [-0.39, 0.29) is 17.9 Å². The molecule has 0 radical (unpaired) electrons. The van der Waals surface area contributed by atoms with Gasteiger partial charge in [0.05, 0.1) is 4.47 Å². The minimum Gasteiger partial charge on any atom is -0.488 e. The zero-order valence-corrected chi connectivity index (χ0v) is 11.9. The van der Waals surface area contributed by atoms with Gasteiger partial charge in [-0.05, 0) is 34.1 Å². The van der Waals surface area contributed by atoms with Crippen LogP contribution in [-0.2, 0) is 6.61 Å². The molecule has 2 rings (SSSR count). The van der Waals surface area contributed by atoms with Gasteiger partial charge in [0.25, 0.3) is 0 Å². The molecule has 104 valence electrons. The van der Waals surface area contributed by atoms with Crippen LogP contribution in [-0.4, -0.2) is 11.1 Å². The molecular weight excluding hydrogens is 329 g/mol. The van der Waals surface area contributed by atoms with Crippen LogP contribution >= 0.6 is 15.9 Å². The molecule has 2 aromatic rings. The predicted molar refractivity (Wildman–Crippen MR) is 76.2 cm³/mol. The molecule has 3 N–H and O–H groups in total. The molecule has 0 saturated carbocycles. The lowest BCUT2D eigenvalue weighted by Gasteiger charge is -2.11. The first-order chi connectivity index (χ1) is 9.49. The molecule has 0 spiro atoms. The third-order valence-electron chi connectivity index (χ3n) is 2.65. The largest absolute Gasteiger partial charge is 0.488 e. The number of carboxylic acid groups (broad SMARTS) is 1. The molecule has 20 heavy (non-hydrogen) atoms. The topological polar surface area (TPSA) is 72.6 Å². The monoisotopic (exact) mass is 339 g/mol. The lowest BCUT2D eigenvalue weighted by molar-refractivity contribution is 0.0692. The van der Waals surface area contributed by atoms with Gasteiger partial charge in [0.2, 0.25) is 0 Å². The van der Waals surface area contributed by atoms with Crippen LogP contribution in [0.25, 0.3) is 0 Å². The van der Waals surface area contributed by atoms with Crippen LogP contribution < -0.4 is 10.5 Å². The number of rotatable bonds is 4. The Hall–Kier alpha value is -2.08. The fourth-order valence-electron chi connectivity index (χ4n) is 1.65. The Labute approximate surface area is 123 Å². The van der Waals surface area contributed by atoms with Crippen molar-refractivity contribution in [1.82, 2.24) is 0 Å². The first-order valence-electron chi connectivity index (χ1n) is 5.67. The van der Waals surface area contributed by atoms with E-state index in [0.717, 1.165) is 0 Å². The van der Waals surface area contributed by atoms with E-state index < -0.39 is 11.8 Å². The van der Waals surface area contributed by atoms with E-state index >= 15 is 0 Å². The maximum atomic E-state index is 13.4. The van der Waals surface area contributed by atoms with Crippen LogP contribution in [0, 0.1) is 5.82 Å². The molecule has 0 saturated heterocycles. The smallest absolute Gasteiger partial charge is 0.339 e. The lowest BCUT2D eigenvalue weighted by atomic mass is 10.2. The molecule has 0 fully saturated rings. The van der Waals surface area contributed by atoms with Gasteiger partial charge in [-0.25, -0.2) is 9.18 Å². The lowest BCUT2D eigenvalue weighted by Crippen LogP contribution is -2.05. The van der Waals surface area contributed by atoms with E-state index in [0.29, 0.717) is 15.7 Å². The van der Waals surface area contributed by atoms with Crippen molar-refractivity contribution in [2.75, 3.05) is 5.73 Å². The molecule has 0 aliphatic rings. The van der Waals surface area contributed by atoms with Gasteiger partial charge in [-0.15, -0.1) is 0 Å². The molecular formula is C14H11BrFNO3. The molecule has 0 aromatic heterocycles. The van der Waals surface area contributed by atoms with Gasteiger partial charge in [0.1, 0.15) is 23.7 Å². The second-order valence-corrected chi connectivity index (χ2v) is 4.86. The number of aromatic carboxylic acids is 1. The number of halogens is 2. The number of benzene rings is 2. The van der Waals surface area contributed by atoms with E-state index in [1.54, 1.807) is 12.1 Å². The Morgan fingerprint density at radius 1 is 1.35 bits per heavy atom. The normalized spacial score (nSPS) is 10.3. The minimum absolute atomic E-state index is 0.00623. The molecule has 4 nitrogen and oxygen atoms in total. The molecule has 0 aliphatic carbocycles. The Morgan fingerprint density at radius 3 is 2.80 bits per heavy atom. The second-order valence-electron chi connectivity index (χ2n) is 4.06. The highest BCUT2D eigenvalue weighted by Crippen LogP contribution is 2.25. The average molecular weight is 340 g/mol. The average Bonchev–Trinajstić information content (AvgIpc) is 2.40. The molecule has 0 unspecified atom stereocenters. The van der Waals surface area contributed by atoms with E-state index in [2.05, 4.69) is 15.9 Å². The molecule has 6 heteroatoms. The summed E-state index contributed by atoms with van der Waals surface area (Å²) >= 11 is 3.12. The highest BCUT2D eigenvalue weighted by atomic mass is 79.9. The SMILES string of the molecule is Nc1ccc(C(=O)O)c(OCc2cccc(F)c2Br)c1. The molecule has 0 bridgehead atoms. The zero-order chi connectivity index (χ0) is 14.7. The van der Waals surface area contributed by atoms with Crippen LogP contribution in [0.15, 0.2) is 40.9 Å². The van der Waals surface area contributed by atoms with Crippen LogP contribution in [0.1, 0.15) is 15.9 Å². The summed E-state index contributed by atoms with van der Waals surface area (Å²) in [5, 5.41) is 9.06. The number of anilines is 1. The number of nitrogen functional groups attached to an aromatic ring is 1. The third-order valence-corrected chi connectivity index (χ3v) is 3.54. The van der Waals surface area contributed by atoms with Crippen LogP contribution in [0.5, 0.6) is 5.75 Å². The summed E-state index contributed by atoms with van der Waals surface area (Å²) in [6, 6.07) is 8.83. The van der Waals surface area contributed by atoms with Crippen molar-refractivity contribution < 1.29 is 19.0 Å². The maximum absolute atomic E-state index is 13.4. The van der Waals surface area contributed by atoms with Crippen molar-refractivity contribution in [1.29, 1.82) is 0 Å². The van der Waals surface area contributed by atoms with Gasteiger partial charge in [0, 0.05) is 17.3 Å². The van der Waals surface area contributed by atoms with Gasteiger partial charge in [-0.3, -0.25) is 0 Å². The summed E-state index contributed by atoms with van der Waals surface area (Å²) in [5.74, 6) is -1.37. The van der Waals surface area contributed by atoms with Crippen molar-refractivity contribution in [2.45, 2.75) is 6.61 Å². The molecule has 0 atom stereocenters. The second kappa shape index (κ2) is 5.92. The van der Waals surface area contributed by atoms with Gasteiger partial charge in [-0.2, -0.15) is 0 Å². The van der Waals surface area contributed by atoms with Crippen LogP contribution in [0.3, 0.4) is 0 Å². The van der Waals surface area contributed by atoms with Crippen LogP contribution in [0.4, 0.5) is 10.1 Å². The maximum Gasteiger partial charge on any atom is 0.339 e. The number of nitrogens with two attached hydrogens (primary N) is 1. The Balaban J connectivity index is 2.24. The summed E-state index contributed by atoms with van der Waals surface area (Å²) in [6.45, 7) is 0.0298. The summed E-state index contributed by atoms with van der Waals surface area (Å²) in [7, 11) is 0. The fourth-order valence-corrected chi connectivity index (χ4v) is 2.03. The van der Waals surface area contributed by atoms with Gasteiger partial charge < -0.3 is 15.6 Å². The number of ether oxygens (including phenoxy) is 1. The van der Waals surface area contributed by atoms with Gasteiger partial charge in [-0.1, -0.05) is 12.1 Å². The number of carboxylic acids is 1. The summed E-state index contributed by atoms with van der Waals surface area (Å²) < 4.78 is 19.1. The first-order valence-corrected chi connectivity index (χ1v) is 6.47. The van der Waals surface area contributed by atoms with Crippen molar-refractivity contribution in [3.63, 3.8) is 0 Å². The van der Waals surface area contributed by atoms with Crippen molar-refractivity contribution in [2.24, 2.45) is 0 Å². The molecule has 0 aliphatic heterocycles. The highest BCUT2D eigenvalue weighted by molar-refractivity contribution is 9.10.